The van der Waals surface area contributed by atoms with Crippen LogP contribution in [-0.4, -0.2) is 5.78 Å². The van der Waals surface area contributed by atoms with Crippen molar-refractivity contribution in [2.45, 2.75) is 33.1 Å². The molecular formula is C18H21NO. The molecule has 2 rings (SSSR count). The van der Waals surface area contributed by atoms with Crippen LogP contribution in [0.4, 0.5) is 5.69 Å². The third-order valence-electron chi connectivity index (χ3n) is 3.53. The van der Waals surface area contributed by atoms with Gasteiger partial charge in [-0.15, -0.1) is 0 Å². The Kier molecular flexibility index (Phi) is 4.57. The highest BCUT2D eigenvalue weighted by Gasteiger charge is 2.11. The van der Waals surface area contributed by atoms with Gasteiger partial charge in [0, 0.05) is 16.8 Å². The van der Waals surface area contributed by atoms with Gasteiger partial charge in [0.15, 0.2) is 5.78 Å². The summed E-state index contributed by atoms with van der Waals surface area (Å²) in [5.74, 6) is 0.0598. The summed E-state index contributed by atoms with van der Waals surface area (Å²) in [6.07, 6.45) is 3.45. The van der Waals surface area contributed by atoms with Gasteiger partial charge < -0.3 is 5.73 Å². The van der Waals surface area contributed by atoms with Crippen molar-refractivity contribution in [3.8, 4) is 0 Å². The zero-order valence-electron chi connectivity index (χ0n) is 12.1. The molecule has 0 amide bonds. The van der Waals surface area contributed by atoms with Crippen LogP contribution in [0.2, 0.25) is 0 Å². The van der Waals surface area contributed by atoms with E-state index >= 15 is 0 Å². The number of unbranched alkanes of at least 4 members (excludes halogenated alkanes) is 1. The number of benzene rings is 2. The van der Waals surface area contributed by atoms with Gasteiger partial charge in [0.1, 0.15) is 0 Å². The zero-order chi connectivity index (χ0) is 14.5. The van der Waals surface area contributed by atoms with Gasteiger partial charge in [0.05, 0.1) is 0 Å². The molecule has 0 saturated carbocycles. The van der Waals surface area contributed by atoms with Crippen LogP contribution in [0, 0.1) is 6.92 Å². The van der Waals surface area contributed by atoms with Crippen LogP contribution in [-0.2, 0) is 6.42 Å². The number of rotatable bonds is 5. The normalized spacial score (nSPS) is 10.5. The molecule has 104 valence electrons. The summed E-state index contributed by atoms with van der Waals surface area (Å²) in [5, 5.41) is 0. The highest BCUT2D eigenvalue weighted by molar-refractivity contribution is 6.10. The third kappa shape index (κ3) is 3.27. The van der Waals surface area contributed by atoms with Gasteiger partial charge in [-0.1, -0.05) is 37.6 Å². The van der Waals surface area contributed by atoms with Crippen molar-refractivity contribution in [3.63, 3.8) is 0 Å². The topological polar surface area (TPSA) is 43.1 Å². The van der Waals surface area contributed by atoms with Crippen molar-refractivity contribution >= 4 is 11.5 Å². The zero-order valence-corrected chi connectivity index (χ0v) is 12.1. The van der Waals surface area contributed by atoms with Crippen LogP contribution < -0.4 is 5.73 Å². The standard InChI is InChI=1S/C18H21NO/c1-3-4-5-14-6-8-15(9-7-14)18(20)17-11-10-16(19)12-13(17)2/h6-12H,3-5,19H2,1-2H3. The third-order valence-corrected chi connectivity index (χ3v) is 3.53. The molecule has 0 radical (unpaired) electrons. The van der Waals surface area contributed by atoms with Gasteiger partial charge in [-0.3, -0.25) is 4.79 Å². The maximum absolute atomic E-state index is 12.5. The number of aryl methyl sites for hydroxylation is 2. The number of nitrogens with two attached hydrogens (primary N) is 1. The number of carbonyl (C=O) groups is 1. The summed E-state index contributed by atoms with van der Waals surface area (Å²) < 4.78 is 0. The number of hydrogen-bond donors (Lipinski definition) is 1. The molecule has 0 atom stereocenters. The minimum atomic E-state index is 0.0598. The smallest absolute Gasteiger partial charge is 0.193 e. The molecule has 0 saturated heterocycles. The molecule has 0 aliphatic heterocycles. The first-order valence-electron chi connectivity index (χ1n) is 7.11. The van der Waals surface area contributed by atoms with Crippen molar-refractivity contribution in [3.05, 3.63) is 64.7 Å². The first-order chi connectivity index (χ1) is 9.61. The number of anilines is 1. The molecule has 2 N–H and O–H groups in total. The average molecular weight is 267 g/mol. The van der Waals surface area contributed by atoms with Crippen LogP contribution in [0.25, 0.3) is 0 Å². The minimum Gasteiger partial charge on any atom is -0.399 e. The molecule has 2 aromatic rings. The van der Waals surface area contributed by atoms with E-state index in [4.69, 9.17) is 5.73 Å². The Morgan fingerprint density at radius 2 is 1.80 bits per heavy atom. The van der Waals surface area contributed by atoms with E-state index in [1.165, 1.54) is 18.4 Å². The van der Waals surface area contributed by atoms with E-state index in [1.807, 2.05) is 25.1 Å². The fraction of sp³-hybridized carbons (Fsp3) is 0.278. The van der Waals surface area contributed by atoms with Crippen molar-refractivity contribution in [1.29, 1.82) is 0 Å². The number of ketones is 1. The maximum Gasteiger partial charge on any atom is 0.193 e. The van der Waals surface area contributed by atoms with Gasteiger partial charge in [-0.25, -0.2) is 0 Å². The van der Waals surface area contributed by atoms with E-state index < -0.39 is 0 Å². The highest BCUT2D eigenvalue weighted by Crippen LogP contribution is 2.17. The Labute approximate surface area is 120 Å². The molecule has 0 fully saturated rings. The summed E-state index contributed by atoms with van der Waals surface area (Å²) in [4.78, 5) is 12.5. The maximum atomic E-state index is 12.5. The van der Waals surface area contributed by atoms with E-state index in [9.17, 15) is 4.79 Å². The van der Waals surface area contributed by atoms with E-state index in [-0.39, 0.29) is 5.78 Å². The molecule has 0 spiro atoms. The highest BCUT2D eigenvalue weighted by atomic mass is 16.1. The Bertz CT molecular complexity index is 599. The summed E-state index contributed by atoms with van der Waals surface area (Å²) in [6.45, 7) is 4.10. The van der Waals surface area contributed by atoms with Crippen LogP contribution in [0.5, 0.6) is 0 Å². The van der Waals surface area contributed by atoms with Crippen LogP contribution >= 0.6 is 0 Å². The molecule has 20 heavy (non-hydrogen) atoms. The van der Waals surface area contributed by atoms with Gasteiger partial charge in [-0.05, 0) is 49.1 Å². The predicted molar refractivity (Wildman–Crippen MR) is 84.1 cm³/mol. The Morgan fingerprint density at radius 1 is 1.10 bits per heavy atom. The number of nitrogen functional groups attached to an aromatic ring is 1. The molecule has 0 heterocycles. The lowest BCUT2D eigenvalue weighted by atomic mass is 9.97. The largest absolute Gasteiger partial charge is 0.399 e. The molecule has 0 aromatic heterocycles. The van der Waals surface area contributed by atoms with Crippen LogP contribution in [0.3, 0.4) is 0 Å². The summed E-state index contributed by atoms with van der Waals surface area (Å²) in [5.41, 5.74) is 10.1. The second-order valence-electron chi connectivity index (χ2n) is 5.20. The lowest BCUT2D eigenvalue weighted by Gasteiger charge is -2.07. The molecule has 0 unspecified atom stereocenters. The SMILES string of the molecule is CCCCc1ccc(C(=O)c2ccc(N)cc2C)cc1. The molecule has 2 nitrogen and oxygen atoms in total. The van der Waals surface area contributed by atoms with E-state index in [2.05, 4.69) is 19.1 Å². The first kappa shape index (κ1) is 14.3. The Balaban J connectivity index is 2.20. The summed E-state index contributed by atoms with van der Waals surface area (Å²) >= 11 is 0. The van der Waals surface area contributed by atoms with Gasteiger partial charge in [0.2, 0.25) is 0 Å². The van der Waals surface area contributed by atoms with E-state index in [0.717, 1.165) is 23.1 Å². The fourth-order valence-electron chi connectivity index (χ4n) is 2.30. The van der Waals surface area contributed by atoms with Gasteiger partial charge in [0.25, 0.3) is 0 Å². The predicted octanol–water partition coefficient (Wildman–Crippen LogP) is 4.15. The van der Waals surface area contributed by atoms with E-state index in [1.54, 1.807) is 12.1 Å². The quantitative estimate of drug-likeness (QED) is 0.653. The number of carbonyl (C=O) groups excluding carboxylic acids is 1. The monoisotopic (exact) mass is 267 g/mol. The Morgan fingerprint density at radius 3 is 2.40 bits per heavy atom. The second-order valence-corrected chi connectivity index (χ2v) is 5.20. The molecule has 0 aliphatic rings. The molecule has 0 bridgehead atoms. The minimum absolute atomic E-state index is 0.0598. The van der Waals surface area contributed by atoms with Crippen molar-refractivity contribution in [1.82, 2.24) is 0 Å². The van der Waals surface area contributed by atoms with Crippen molar-refractivity contribution in [2.24, 2.45) is 0 Å². The first-order valence-corrected chi connectivity index (χ1v) is 7.11. The van der Waals surface area contributed by atoms with Crippen molar-refractivity contribution in [2.75, 3.05) is 5.73 Å². The van der Waals surface area contributed by atoms with Crippen LogP contribution in [0.15, 0.2) is 42.5 Å². The lowest BCUT2D eigenvalue weighted by molar-refractivity contribution is 0.103. The molecular weight excluding hydrogens is 246 g/mol. The lowest BCUT2D eigenvalue weighted by Crippen LogP contribution is -2.04. The summed E-state index contributed by atoms with van der Waals surface area (Å²) in [7, 11) is 0. The molecule has 2 heteroatoms. The van der Waals surface area contributed by atoms with Crippen LogP contribution in [0.1, 0.15) is 46.8 Å². The fourth-order valence-corrected chi connectivity index (χ4v) is 2.30. The average Bonchev–Trinajstić information content (AvgIpc) is 2.45. The second kappa shape index (κ2) is 6.38. The Hall–Kier alpha value is -2.09. The molecule has 0 aliphatic carbocycles. The number of hydrogen-bond acceptors (Lipinski definition) is 2. The molecule has 2 aromatic carbocycles. The van der Waals surface area contributed by atoms with Gasteiger partial charge in [-0.2, -0.15) is 0 Å². The van der Waals surface area contributed by atoms with E-state index in [0.29, 0.717) is 5.69 Å². The van der Waals surface area contributed by atoms with Gasteiger partial charge >= 0.3 is 0 Å². The summed E-state index contributed by atoms with van der Waals surface area (Å²) in [6, 6.07) is 13.4. The van der Waals surface area contributed by atoms with Crippen molar-refractivity contribution < 1.29 is 4.79 Å².